The van der Waals surface area contributed by atoms with Crippen LogP contribution in [0.25, 0.3) is 0 Å². The van der Waals surface area contributed by atoms with E-state index in [9.17, 15) is 9.59 Å². The average Bonchev–Trinajstić information content (AvgIpc) is 2.33. The summed E-state index contributed by atoms with van der Waals surface area (Å²) in [4.78, 5) is 22.7. The summed E-state index contributed by atoms with van der Waals surface area (Å²) in [6.45, 7) is 2.34. The molecule has 1 aromatic rings. The minimum atomic E-state index is -0.851. The van der Waals surface area contributed by atoms with E-state index < -0.39 is 5.97 Å². The van der Waals surface area contributed by atoms with Gasteiger partial charge in [-0.25, -0.2) is 0 Å². The summed E-state index contributed by atoms with van der Waals surface area (Å²) in [5, 5.41) is 11.1. The second-order valence-electron chi connectivity index (χ2n) is 4.18. The monoisotopic (exact) mass is 282 g/mol. The highest BCUT2D eigenvalue weighted by atomic mass is 32.2. The molecular weight excluding hydrogens is 264 g/mol. The average molecular weight is 282 g/mol. The van der Waals surface area contributed by atoms with Gasteiger partial charge in [-0.1, -0.05) is 6.07 Å². The van der Waals surface area contributed by atoms with Crippen molar-refractivity contribution in [2.75, 3.05) is 18.0 Å². The van der Waals surface area contributed by atoms with Crippen molar-refractivity contribution in [3.8, 4) is 0 Å². The number of carboxylic acids is 1. The zero-order valence-corrected chi connectivity index (χ0v) is 11.6. The van der Waals surface area contributed by atoms with Crippen LogP contribution in [0.15, 0.2) is 23.1 Å². The Morgan fingerprint density at radius 1 is 1.42 bits per heavy atom. The Balaban J connectivity index is 2.28. The Bertz CT molecular complexity index is 463. The maximum absolute atomic E-state index is 11.5. The summed E-state index contributed by atoms with van der Waals surface area (Å²) in [6.07, 6.45) is 0.511. The second kappa shape index (κ2) is 7.68. The predicted octanol–water partition coefficient (Wildman–Crippen LogP) is 1.65. The van der Waals surface area contributed by atoms with Crippen molar-refractivity contribution in [2.45, 2.75) is 24.7 Å². The fourth-order valence-electron chi connectivity index (χ4n) is 1.46. The Morgan fingerprint density at radius 2 is 2.16 bits per heavy atom. The van der Waals surface area contributed by atoms with Crippen molar-refractivity contribution >= 4 is 29.3 Å². The number of hydrogen-bond donors (Lipinski definition) is 3. The van der Waals surface area contributed by atoms with Gasteiger partial charge in [0.15, 0.2) is 0 Å². The topological polar surface area (TPSA) is 92.4 Å². The van der Waals surface area contributed by atoms with Crippen LogP contribution in [-0.4, -0.2) is 29.3 Å². The standard InChI is InChI=1S/C13H18N2O3S/c1-9-4-5-11(10(14)7-9)19-8-12(16)15-6-2-3-13(17)18/h4-5,7H,2-3,6,8,14H2,1H3,(H,15,16)(H,17,18). The van der Waals surface area contributed by atoms with E-state index in [-0.39, 0.29) is 18.1 Å². The molecule has 0 saturated carbocycles. The summed E-state index contributed by atoms with van der Waals surface area (Å²) in [6, 6.07) is 5.71. The van der Waals surface area contributed by atoms with Gasteiger partial charge in [-0.3, -0.25) is 9.59 Å². The van der Waals surface area contributed by atoms with Gasteiger partial charge < -0.3 is 16.2 Å². The molecule has 0 saturated heterocycles. The van der Waals surface area contributed by atoms with Crippen molar-refractivity contribution in [1.82, 2.24) is 5.32 Å². The fourth-order valence-corrected chi connectivity index (χ4v) is 2.24. The van der Waals surface area contributed by atoms with Crippen LogP contribution in [0, 0.1) is 6.92 Å². The quantitative estimate of drug-likeness (QED) is 0.402. The molecule has 0 radical (unpaired) electrons. The van der Waals surface area contributed by atoms with Crippen LogP contribution in [0.3, 0.4) is 0 Å². The number of carboxylic acid groups (broad SMARTS) is 1. The maximum Gasteiger partial charge on any atom is 0.303 e. The van der Waals surface area contributed by atoms with Gasteiger partial charge in [0.25, 0.3) is 0 Å². The molecule has 0 unspecified atom stereocenters. The minimum Gasteiger partial charge on any atom is -0.481 e. The number of thioether (sulfide) groups is 1. The first-order valence-electron chi connectivity index (χ1n) is 5.96. The van der Waals surface area contributed by atoms with Crippen molar-refractivity contribution < 1.29 is 14.7 Å². The molecule has 0 fully saturated rings. The summed E-state index contributed by atoms with van der Waals surface area (Å²) >= 11 is 1.37. The van der Waals surface area contributed by atoms with Crippen LogP contribution in [-0.2, 0) is 9.59 Å². The first-order valence-corrected chi connectivity index (χ1v) is 6.95. The van der Waals surface area contributed by atoms with Crippen molar-refractivity contribution in [3.05, 3.63) is 23.8 Å². The first-order chi connectivity index (χ1) is 8.99. The highest BCUT2D eigenvalue weighted by Crippen LogP contribution is 2.25. The van der Waals surface area contributed by atoms with Gasteiger partial charge in [0.1, 0.15) is 0 Å². The molecule has 1 rings (SSSR count). The molecular formula is C13H18N2O3S. The molecule has 4 N–H and O–H groups in total. The number of anilines is 1. The Labute approximate surface area is 116 Å². The van der Waals surface area contributed by atoms with Gasteiger partial charge in [-0.05, 0) is 31.0 Å². The van der Waals surface area contributed by atoms with E-state index in [4.69, 9.17) is 10.8 Å². The molecule has 1 aromatic carbocycles. The van der Waals surface area contributed by atoms with Crippen LogP contribution >= 0.6 is 11.8 Å². The van der Waals surface area contributed by atoms with Crippen LogP contribution in [0.4, 0.5) is 5.69 Å². The molecule has 104 valence electrons. The van der Waals surface area contributed by atoms with E-state index in [1.54, 1.807) is 0 Å². The molecule has 0 spiro atoms. The summed E-state index contributed by atoms with van der Waals surface area (Å²) < 4.78 is 0. The molecule has 0 bridgehead atoms. The Kier molecular flexibility index (Phi) is 6.21. The van der Waals surface area contributed by atoms with Crippen molar-refractivity contribution in [1.29, 1.82) is 0 Å². The third kappa shape index (κ3) is 6.15. The Hall–Kier alpha value is -1.69. The fraction of sp³-hybridized carbons (Fsp3) is 0.385. The van der Waals surface area contributed by atoms with E-state index in [0.29, 0.717) is 18.7 Å². The number of hydrogen-bond acceptors (Lipinski definition) is 4. The first kappa shape index (κ1) is 15.4. The third-order valence-electron chi connectivity index (χ3n) is 2.41. The van der Waals surface area contributed by atoms with Gasteiger partial charge in [-0.15, -0.1) is 11.8 Å². The number of aliphatic carboxylic acids is 1. The van der Waals surface area contributed by atoms with Crippen LogP contribution in [0.5, 0.6) is 0 Å². The lowest BCUT2D eigenvalue weighted by Crippen LogP contribution is -2.26. The summed E-state index contributed by atoms with van der Waals surface area (Å²) in [5.41, 5.74) is 7.60. The smallest absolute Gasteiger partial charge is 0.303 e. The number of carbonyl (C=O) groups excluding carboxylic acids is 1. The zero-order chi connectivity index (χ0) is 14.3. The molecule has 0 aromatic heterocycles. The summed E-state index contributed by atoms with van der Waals surface area (Å²) in [7, 11) is 0. The number of nitrogen functional groups attached to an aromatic ring is 1. The molecule has 5 nitrogen and oxygen atoms in total. The number of benzene rings is 1. The highest BCUT2D eigenvalue weighted by molar-refractivity contribution is 8.00. The lowest BCUT2D eigenvalue weighted by Gasteiger charge is -2.07. The van der Waals surface area contributed by atoms with Crippen molar-refractivity contribution in [2.24, 2.45) is 0 Å². The normalized spacial score (nSPS) is 10.2. The lowest BCUT2D eigenvalue weighted by molar-refractivity contribution is -0.137. The number of carbonyl (C=O) groups is 2. The van der Waals surface area contributed by atoms with E-state index in [1.165, 1.54) is 11.8 Å². The number of nitrogens with one attached hydrogen (secondary N) is 1. The van der Waals surface area contributed by atoms with Crippen molar-refractivity contribution in [3.63, 3.8) is 0 Å². The van der Waals surface area contributed by atoms with E-state index in [2.05, 4.69) is 5.32 Å². The number of rotatable bonds is 7. The molecule has 0 heterocycles. The molecule has 6 heteroatoms. The summed E-state index contributed by atoms with van der Waals surface area (Å²) in [5.74, 6) is -0.688. The van der Waals surface area contributed by atoms with Crippen LogP contribution in [0.2, 0.25) is 0 Å². The largest absolute Gasteiger partial charge is 0.481 e. The van der Waals surface area contributed by atoms with E-state index in [1.807, 2.05) is 25.1 Å². The molecule has 0 atom stereocenters. The highest BCUT2D eigenvalue weighted by Gasteiger charge is 2.05. The number of aryl methyl sites for hydroxylation is 1. The number of nitrogens with two attached hydrogens (primary N) is 1. The molecule has 19 heavy (non-hydrogen) atoms. The zero-order valence-electron chi connectivity index (χ0n) is 10.8. The van der Waals surface area contributed by atoms with Gasteiger partial charge in [0, 0.05) is 23.5 Å². The lowest BCUT2D eigenvalue weighted by atomic mass is 10.2. The van der Waals surface area contributed by atoms with E-state index >= 15 is 0 Å². The second-order valence-corrected chi connectivity index (χ2v) is 5.19. The van der Waals surface area contributed by atoms with Crippen LogP contribution < -0.4 is 11.1 Å². The van der Waals surface area contributed by atoms with Crippen LogP contribution in [0.1, 0.15) is 18.4 Å². The minimum absolute atomic E-state index is 0.0678. The van der Waals surface area contributed by atoms with Gasteiger partial charge in [0.05, 0.1) is 5.75 Å². The Morgan fingerprint density at radius 3 is 2.79 bits per heavy atom. The van der Waals surface area contributed by atoms with Gasteiger partial charge in [-0.2, -0.15) is 0 Å². The third-order valence-corrected chi connectivity index (χ3v) is 3.50. The van der Waals surface area contributed by atoms with Gasteiger partial charge in [0.2, 0.25) is 5.91 Å². The molecule has 0 aliphatic carbocycles. The maximum atomic E-state index is 11.5. The molecule has 1 amide bonds. The van der Waals surface area contributed by atoms with E-state index in [0.717, 1.165) is 10.5 Å². The molecule has 0 aliphatic rings. The number of amides is 1. The van der Waals surface area contributed by atoms with Gasteiger partial charge >= 0.3 is 5.97 Å². The predicted molar refractivity (Wildman–Crippen MR) is 76.2 cm³/mol. The molecule has 0 aliphatic heterocycles. The SMILES string of the molecule is Cc1ccc(SCC(=O)NCCCC(=O)O)c(N)c1.